The van der Waals surface area contributed by atoms with Gasteiger partial charge in [0.2, 0.25) is 0 Å². The summed E-state index contributed by atoms with van der Waals surface area (Å²) in [6, 6.07) is 25.6. The van der Waals surface area contributed by atoms with Crippen LogP contribution in [0.1, 0.15) is 35.2 Å². The standard InChI is InChI=1S/C24H25NO2/c1-17-13-15-21(16-14-17)27-19(3)24(26)25-23(20-10-5-4-6-11-20)22-12-8-7-9-18(22)2/h4-16,19,23H,1-3H3,(H,25,26)/t19-,23-/m1/s1. The van der Waals surface area contributed by atoms with E-state index in [9.17, 15) is 4.79 Å². The third-order valence-electron chi connectivity index (χ3n) is 4.62. The molecule has 0 bridgehead atoms. The zero-order chi connectivity index (χ0) is 19.2. The van der Waals surface area contributed by atoms with Gasteiger partial charge in [-0.25, -0.2) is 0 Å². The first-order valence-electron chi connectivity index (χ1n) is 9.19. The second-order valence-corrected chi connectivity index (χ2v) is 6.78. The first-order chi connectivity index (χ1) is 13.0. The quantitative estimate of drug-likeness (QED) is 0.674. The van der Waals surface area contributed by atoms with Gasteiger partial charge in [-0.1, -0.05) is 72.3 Å². The molecule has 0 radical (unpaired) electrons. The molecule has 1 N–H and O–H groups in total. The Morgan fingerprint density at radius 3 is 2.15 bits per heavy atom. The zero-order valence-electron chi connectivity index (χ0n) is 16.0. The molecular weight excluding hydrogens is 334 g/mol. The molecular formula is C24H25NO2. The third kappa shape index (κ3) is 4.76. The number of benzene rings is 3. The molecule has 3 aromatic rings. The molecule has 1 amide bonds. The molecule has 3 aromatic carbocycles. The van der Waals surface area contributed by atoms with E-state index in [0.29, 0.717) is 5.75 Å². The average Bonchev–Trinajstić information content (AvgIpc) is 2.69. The first-order valence-corrected chi connectivity index (χ1v) is 9.19. The van der Waals surface area contributed by atoms with E-state index in [4.69, 9.17) is 4.74 Å². The van der Waals surface area contributed by atoms with Gasteiger partial charge in [-0.05, 0) is 49.6 Å². The van der Waals surface area contributed by atoms with Crippen LogP contribution in [0.5, 0.6) is 5.75 Å². The number of amides is 1. The molecule has 138 valence electrons. The maximum atomic E-state index is 12.8. The van der Waals surface area contributed by atoms with Gasteiger partial charge in [0, 0.05) is 0 Å². The SMILES string of the molecule is Cc1ccc(O[C@H](C)C(=O)N[C@H](c2ccccc2)c2ccccc2C)cc1. The smallest absolute Gasteiger partial charge is 0.261 e. The van der Waals surface area contributed by atoms with Gasteiger partial charge in [0.05, 0.1) is 6.04 Å². The second kappa shape index (κ2) is 8.54. The maximum Gasteiger partial charge on any atom is 0.261 e. The highest BCUT2D eigenvalue weighted by molar-refractivity contribution is 5.81. The highest BCUT2D eigenvalue weighted by atomic mass is 16.5. The number of ether oxygens (including phenoxy) is 1. The summed E-state index contributed by atoms with van der Waals surface area (Å²) in [6.07, 6.45) is -0.595. The first kappa shape index (κ1) is 18.7. The molecule has 3 nitrogen and oxygen atoms in total. The van der Waals surface area contributed by atoms with Gasteiger partial charge in [0.1, 0.15) is 5.75 Å². The number of hydrogen-bond donors (Lipinski definition) is 1. The number of carbonyl (C=O) groups is 1. The van der Waals surface area contributed by atoms with Gasteiger partial charge in [-0.15, -0.1) is 0 Å². The van der Waals surface area contributed by atoms with Gasteiger partial charge in [-0.2, -0.15) is 0 Å². The topological polar surface area (TPSA) is 38.3 Å². The molecule has 3 heteroatoms. The summed E-state index contributed by atoms with van der Waals surface area (Å²) in [4.78, 5) is 12.8. The van der Waals surface area contributed by atoms with Crippen molar-refractivity contribution >= 4 is 5.91 Å². The summed E-state index contributed by atoms with van der Waals surface area (Å²) in [5.74, 6) is 0.545. The van der Waals surface area contributed by atoms with Gasteiger partial charge < -0.3 is 10.1 Å². The number of aryl methyl sites for hydroxylation is 2. The van der Waals surface area contributed by atoms with Crippen molar-refractivity contribution in [2.75, 3.05) is 0 Å². The highest BCUT2D eigenvalue weighted by Gasteiger charge is 2.22. The van der Waals surface area contributed by atoms with E-state index in [1.807, 2.05) is 73.7 Å². The van der Waals surface area contributed by atoms with Crippen molar-refractivity contribution < 1.29 is 9.53 Å². The van der Waals surface area contributed by atoms with Crippen molar-refractivity contribution in [3.63, 3.8) is 0 Å². The molecule has 27 heavy (non-hydrogen) atoms. The molecule has 2 atom stereocenters. The molecule has 0 saturated heterocycles. The van der Waals surface area contributed by atoms with Crippen LogP contribution >= 0.6 is 0 Å². The van der Waals surface area contributed by atoms with E-state index < -0.39 is 6.10 Å². The summed E-state index contributed by atoms with van der Waals surface area (Å²) in [5, 5.41) is 3.16. The predicted octanol–water partition coefficient (Wildman–Crippen LogP) is 4.98. The Balaban J connectivity index is 1.80. The molecule has 0 spiro atoms. The van der Waals surface area contributed by atoms with Crippen LogP contribution in [0.2, 0.25) is 0 Å². The predicted molar refractivity (Wildman–Crippen MR) is 109 cm³/mol. The Bertz CT molecular complexity index is 888. The summed E-state index contributed by atoms with van der Waals surface area (Å²) in [6.45, 7) is 5.85. The van der Waals surface area contributed by atoms with Crippen LogP contribution in [0.4, 0.5) is 0 Å². The highest BCUT2D eigenvalue weighted by Crippen LogP contribution is 2.25. The van der Waals surface area contributed by atoms with E-state index in [0.717, 1.165) is 22.3 Å². The molecule has 0 aliphatic carbocycles. The van der Waals surface area contributed by atoms with Crippen LogP contribution < -0.4 is 10.1 Å². The molecule has 0 unspecified atom stereocenters. The van der Waals surface area contributed by atoms with Crippen molar-refractivity contribution in [2.45, 2.75) is 32.9 Å². The molecule has 0 aliphatic rings. The minimum absolute atomic E-state index is 0.146. The normalized spacial score (nSPS) is 12.9. The summed E-state index contributed by atoms with van der Waals surface area (Å²) in [5.41, 5.74) is 4.42. The molecule has 0 aliphatic heterocycles. The number of hydrogen-bond acceptors (Lipinski definition) is 2. The van der Waals surface area contributed by atoms with Crippen LogP contribution in [-0.4, -0.2) is 12.0 Å². The fraction of sp³-hybridized carbons (Fsp3) is 0.208. The summed E-state index contributed by atoms with van der Waals surface area (Å²) < 4.78 is 5.82. The molecule has 0 aromatic heterocycles. The Morgan fingerprint density at radius 1 is 0.852 bits per heavy atom. The zero-order valence-corrected chi connectivity index (χ0v) is 16.0. The minimum atomic E-state index is -0.595. The van der Waals surface area contributed by atoms with Gasteiger partial charge >= 0.3 is 0 Å². The Morgan fingerprint density at radius 2 is 1.48 bits per heavy atom. The fourth-order valence-electron chi connectivity index (χ4n) is 3.03. The van der Waals surface area contributed by atoms with E-state index in [2.05, 4.69) is 24.4 Å². The van der Waals surface area contributed by atoms with E-state index in [1.165, 1.54) is 0 Å². The third-order valence-corrected chi connectivity index (χ3v) is 4.62. The van der Waals surface area contributed by atoms with Gasteiger partial charge in [0.25, 0.3) is 5.91 Å². The molecule has 0 fully saturated rings. The van der Waals surface area contributed by atoms with Gasteiger partial charge in [-0.3, -0.25) is 4.79 Å². The van der Waals surface area contributed by atoms with Gasteiger partial charge in [0.15, 0.2) is 6.10 Å². The van der Waals surface area contributed by atoms with Crippen molar-refractivity contribution in [1.29, 1.82) is 0 Å². The second-order valence-electron chi connectivity index (χ2n) is 6.78. The fourth-order valence-corrected chi connectivity index (χ4v) is 3.03. The monoisotopic (exact) mass is 359 g/mol. The van der Waals surface area contributed by atoms with Crippen molar-refractivity contribution in [1.82, 2.24) is 5.32 Å². The van der Waals surface area contributed by atoms with Crippen LogP contribution in [0.15, 0.2) is 78.9 Å². The van der Waals surface area contributed by atoms with E-state index in [-0.39, 0.29) is 11.9 Å². The van der Waals surface area contributed by atoms with Crippen LogP contribution in [0.25, 0.3) is 0 Å². The van der Waals surface area contributed by atoms with E-state index in [1.54, 1.807) is 6.92 Å². The largest absolute Gasteiger partial charge is 0.481 e. The lowest BCUT2D eigenvalue weighted by Crippen LogP contribution is -2.39. The Hall–Kier alpha value is -3.07. The molecule has 3 rings (SSSR count). The lowest BCUT2D eigenvalue weighted by Gasteiger charge is -2.24. The number of carbonyl (C=O) groups excluding carboxylic acids is 1. The minimum Gasteiger partial charge on any atom is -0.481 e. The van der Waals surface area contributed by atoms with Crippen molar-refractivity contribution in [3.8, 4) is 5.75 Å². The maximum absolute atomic E-state index is 12.8. The van der Waals surface area contributed by atoms with Crippen LogP contribution in [-0.2, 0) is 4.79 Å². The van der Waals surface area contributed by atoms with Crippen molar-refractivity contribution in [3.05, 3.63) is 101 Å². The van der Waals surface area contributed by atoms with Crippen LogP contribution in [0.3, 0.4) is 0 Å². The average molecular weight is 359 g/mol. The Kier molecular flexibility index (Phi) is 5.92. The summed E-state index contributed by atoms with van der Waals surface area (Å²) in [7, 11) is 0. The summed E-state index contributed by atoms with van der Waals surface area (Å²) >= 11 is 0. The number of rotatable bonds is 6. The molecule has 0 saturated carbocycles. The van der Waals surface area contributed by atoms with E-state index >= 15 is 0 Å². The lowest BCUT2D eigenvalue weighted by molar-refractivity contribution is -0.127. The van der Waals surface area contributed by atoms with Crippen molar-refractivity contribution in [2.24, 2.45) is 0 Å². The van der Waals surface area contributed by atoms with Crippen LogP contribution in [0, 0.1) is 13.8 Å². The lowest BCUT2D eigenvalue weighted by atomic mass is 9.95. The molecule has 0 heterocycles. The number of nitrogens with one attached hydrogen (secondary N) is 1. The Labute approximate surface area is 161 Å².